The molecule has 5 nitrogen and oxygen atoms in total. The highest BCUT2D eigenvalue weighted by atomic mass is 16.5. The van der Waals surface area contributed by atoms with Gasteiger partial charge in [0.2, 0.25) is 0 Å². The number of aromatic nitrogens is 2. The highest BCUT2D eigenvalue weighted by molar-refractivity contribution is 6.06. The largest absolute Gasteiger partial charge is 0.493 e. The molecule has 1 aromatic heterocycles. The van der Waals surface area contributed by atoms with Crippen LogP contribution in [-0.4, -0.2) is 22.3 Å². The van der Waals surface area contributed by atoms with Crippen LogP contribution in [-0.2, 0) is 6.54 Å². The fourth-order valence-corrected chi connectivity index (χ4v) is 2.47. The smallest absolute Gasteiger partial charge is 0.259 e. The molecule has 0 aliphatic heterocycles. The molecular weight excluding hydrogens is 302 g/mol. The quantitative estimate of drug-likeness (QED) is 0.755. The Morgan fingerprint density at radius 1 is 1.12 bits per heavy atom. The summed E-state index contributed by atoms with van der Waals surface area (Å²) in [6.07, 6.45) is 3.63. The maximum Gasteiger partial charge on any atom is 0.259 e. The van der Waals surface area contributed by atoms with Crippen LogP contribution in [0.15, 0.2) is 67.0 Å². The molecule has 122 valence electrons. The van der Waals surface area contributed by atoms with E-state index in [1.54, 1.807) is 18.3 Å². The molecule has 3 rings (SSSR count). The molecule has 0 saturated heterocycles. The summed E-state index contributed by atoms with van der Waals surface area (Å²) in [5.74, 6) is 0.397. The first-order chi connectivity index (χ1) is 11.8. The SMILES string of the molecule is CCOc1ccccc1C(=O)Nc1ccccc1Cn1cccn1. The molecule has 0 spiro atoms. The number of nitrogens with one attached hydrogen (secondary N) is 1. The Morgan fingerprint density at radius 3 is 2.71 bits per heavy atom. The Kier molecular flexibility index (Phi) is 4.91. The van der Waals surface area contributed by atoms with Gasteiger partial charge in [-0.3, -0.25) is 9.48 Å². The molecular formula is C19H19N3O2. The van der Waals surface area contributed by atoms with E-state index in [2.05, 4.69) is 10.4 Å². The van der Waals surface area contributed by atoms with Crippen LogP contribution in [0.3, 0.4) is 0 Å². The third kappa shape index (κ3) is 3.63. The second-order valence-electron chi connectivity index (χ2n) is 5.24. The monoisotopic (exact) mass is 321 g/mol. The van der Waals surface area contributed by atoms with Crippen molar-refractivity contribution in [1.29, 1.82) is 0 Å². The molecule has 0 atom stereocenters. The van der Waals surface area contributed by atoms with Gasteiger partial charge in [0.15, 0.2) is 0 Å². The van der Waals surface area contributed by atoms with Gasteiger partial charge in [-0.05, 0) is 36.8 Å². The van der Waals surface area contributed by atoms with Gasteiger partial charge in [-0.15, -0.1) is 0 Å². The summed E-state index contributed by atoms with van der Waals surface area (Å²) in [4.78, 5) is 12.7. The number of carbonyl (C=O) groups excluding carboxylic acids is 1. The minimum atomic E-state index is -0.188. The number of para-hydroxylation sites is 2. The number of anilines is 1. The van der Waals surface area contributed by atoms with Crippen LogP contribution in [0.2, 0.25) is 0 Å². The standard InChI is InChI=1S/C19H19N3O2/c1-2-24-18-11-6-4-9-16(18)19(23)21-17-10-5-3-8-15(17)14-22-13-7-12-20-22/h3-13H,2,14H2,1H3,(H,21,23). The molecule has 2 aromatic carbocycles. The minimum Gasteiger partial charge on any atom is -0.493 e. The van der Waals surface area contributed by atoms with Gasteiger partial charge in [-0.25, -0.2) is 0 Å². The van der Waals surface area contributed by atoms with Gasteiger partial charge >= 0.3 is 0 Å². The van der Waals surface area contributed by atoms with Crippen LogP contribution in [0.4, 0.5) is 5.69 Å². The Hall–Kier alpha value is -3.08. The van der Waals surface area contributed by atoms with Crippen molar-refractivity contribution < 1.29 is 9.53 Å². The van der Waals surface area contributed by atoms with E-state index < -0.39 is 0 Å². The van der Waals surface area contributed by atoms with Gasteiger partial charge in [0.05, 0.1) is 18.7 Å². The lowest BCUT2D eigenvalue weighted by Crippen LogP contribution is -2.15. The summed E-state index contributed by atoms with van der Waals surface area (Å²) in [5.41, 5.74) is 2.28. The first-order valence-corrected chi connectivity index (χ1v) is 7.86. The van der Waals surface area contributed by atoms with E-state index in [1.165, 1.54) is 0 Å². The van der Waals surface area contributed by atoms with Gasteiger partial charge in [-0.1, -0.05) is 30.3 Å². The van der Waals surface area contributed by atoms with E-state index >= 15 is 0 Å². The number of benzene rings is 2. The average molecular weight is 321 g/mol. The van der Waals surface area contributed by atoms with Crippen LogP contribution >= 0.6 is 0 Å². The Labute approximate surface area is 140 Å². The van der Waals surface area contributed by atoms with Crippen molar-refractivity contribution in [3.05, 3.63) is 78.1 Å². The van der Waals surface area contributed by atoms with Crippen molar-refractivity contribution in [1.82, 2.24) is 9.78 Å². The van der Waals surface area contributed by atoms with Crippen LogP contribution < -0.4 is 10.1 Å². The summed E-state index contributed by atoms with van der Waals surface area (Å²) < 4.78 is 7.35. The van der Waals surface area contributed by atoms with Crippen LogP contribution in [0, 0.1) is 0 Å². The number of amides is 1. The summed E-state index contributed by atoms with van der Waals surface area (Å²) in [6, 6.07) is 16.8. The number of hydrogen-bond donors (Lipinski definition) is 1. The molecule has 5 heteroatoms. The molecule has 1 heterocycles. The van der Waals surface area contributed by atoms with Crippen LogP contribution in [0.25, 0.3) is 0 Å². The lowest BCUT2D eigenvalue weighted by atomic mass is 10.1. The first-order valence-electron chi connectivity index (χ1n) is 7.86. The normalized spacial score (nSPS) is 10.4. The van der Waals surface area contributed by atoms with Crippen molar-refractivity contribution in [2.45, 2.75) is 13.5 Å². The Balaban J connectivity index is 1.82. The van der Waals surface area contributed by atoms with Crippen molar-refractivity contribution in [3.8, 4) is 5.75 Å². The molecule has 0 unspecified atom stereocenters. The molecule has 0 aliphatic carbocycles. The molecule has 1 N–H and O–H groups in total. The van der Waals surface area contributed by atoms with Crippen LogP contribution in [0.5, 0.6) is 5.75 Å². The first kappa shape index (κ1) is 15.8. The van der Waals surface area contributed by atoms with Crippen molar-refractivity contribution in [2.75, 3.05) is 11.9 Å². The zero-order valence-electron chi connectivity index (χ0n) is 13.5. The Bertz CT molecular complexity index is 813. The lowest BCUT2D eigenvalue weighted by Gasteiger charge is -2.13. The fraction of sp³-hybridized carbons (Fsp3) is 0.158. The number of nitrogens with zero attached hydrogens (tertiary/aromatic N) is 2. The predicted octanol–water partition coefficient (Wildman–Crippen LogP) is 3.58. The third-order valence-corrected chi connectivity index (χ3v) is 3.59. The van der Waals surface area contributed by atoms with E-state index in [9.17, 15) is 4.79 Å². The number of ether oxygens (including phenoxy) is 1. The zero-order valence-corrected chi connectivity index (χ0v) is 13.5. The maximum absolute atomic E-state index is 12.7. The third-order valence-electron chi connectivity index (χ3n) is 3.59. The zero-order chi connectivity index (χ0) is 16.8. The number of hydrogen-bond acceptors (Lipinski definition) is 3. The van der Waals surface area contributed by atoms with Gasteiger partial charge in [0, 0.05) is 18.1 Å². The van der Waals surface area contributed by atoms with E-state index in [0.717, 1.165) is 11.3 Å². The topological polar surface area (TPSA) is 56.1 Å². The van der Waals surface area contributed by atoms with Gasteiger partial charge in [-0.2, -0.15) is 5.10 Å². The van der Waals surface area contributed by atoms with E-state index in [0.29, 0.717) is 24.5 Å². The molecule has 0 bridgehead atoms. The van der Waals surface area contributed by atoms with Crippen LogP contribution in [0.1, 0.15) is 22.8 Å². The van der Waals surface area contributed by atoms with Gasteiger partial charge in [0.25, 0.3) is 5.91 Å². The predicted molar refractivity (Wildman–Crippen MR) is 93.3 cm³/mol. The molecule has 0 aliphatic rings. The Morgan fingerprint density at radius 2 is 1.92 bits per heavy atom. The van der Waals surface area contributed by atoms with Crippen molar-refractivity contribution >= 4 is 11.6 Å². The lowest BCUT2D eigenvalue weighted by molar-refractivity contribution is 0.102. The molecule has 0 saturated carbocycles. The molecule has 1 amide bonds. The minimum absolute atomic E-state index is 0.188. The summed E-state index contributed by atoms with van der Waals surface area (Å²) >= 11 is 0. The highest BCUT2D eigenvalue weighted by Crippen LogP contribution is 2.22. The summed E-state index contributed by atoms with van der Waals surface area (Å²) in [7, 11) is 0. The summed E-state index contributed by atoms with van der Waals surface area (Å²) in [6.45, 7) is 3.00. The highest BCUT2D eigenvalue weighted by Gasteiger charge is 2.13. The second kappa shape index (κ2) is 7.46. The number of rotatable bonds is 6. The second-order valence-corrected chi connectivity index (χ2v) is 5.24. The van der Waals surface area contributed by atoms with Crippen molar-refractivity contribution in [2.24, 2.45) is 0 Å². The molecule has 3 aromatic rings. The maximum atomic E-state index is 12.7. The van der Waals surface area contributed by atoms with E-state index in [4.69, 9.17) is 4.74 Å². The fourth-order valence-electron chi connectivity index (χ4n) is 2.47. The number of carbonyl (C=O) groups is 1. The average Bonchev–Trinajstić information content (AvgIpc) is 3.10. The molecule has 0 fully saturated rings. The van der Waals surface area contributed by atoms with Gasteiger partial charge in [0.1, 0.15) is 5.75 Å². The molecule has 24 heavy (non-hydrogen) atoms. The van der Waals surface area contributed by atoms with E-state index in [1.807, 2.05) is 60.3 Å². The van der Waals surface area contributed by atoms with Gasteiger partial charge < -0.3 is 10.1 Å². The van der Waals surface area contributed by atoms with E-state index in [-0.39, 0.29) is 5.91 Å². The molecule has 0 radical (unpaired) electrons. The van der Waals surface area contributed by atoms with Crippen molar-refractivity contribution in [3.63, 3.8) is 0 Å². The summed E-state index contributed by atoms with van der Waals surface area (Å²) in [5, 5.41) is 7.19.